The maximum Gasteiger partial charge on any atom is 0.185 e. The molecule has 3 heterocycles. The van der Waals surface area contributed by atoms with Crippen molar-refractivity contribution in [3.8, 4) is 17.2 Å². The Bertz CT molecular complexity index is 1230. The van der Waals surface area contributed by atoms with E-state index in [1.807, 2.05) is 64.2 Å². The van der Waals surface area contributed by atoms with Gasteiger partial charge in [0, 0.05) is 54.9 Å². The summed E-state index contributed by atoms with van der Waals surface area (Å²) in [5.74, 6) is 1.50. The summed E-state index contributed by atoms with van der Waals surface area (Å²) >= 11 is 1.62. The summed E-state index contributed by atoms with van der Waals surface area (Å²) in [6, 6.07) is 8.74. The van der Waals surface area contributed by atoms with Crippen LogP contribution in [0, 0.1) is 12.7 Å². The Labute approximate surface area is 266 Å². The predicted octanol–water partition coefficient (Wildman–Crippen LogP) is 6.72. The van der Waals surface area contributed by atoms with Crippen molar-refractivity contribution in [3.05, 3.63) is 58.9 Å². The summed E-state index contributed by atoms with van der Waals surface area (Å²) in [7, 11) is 5.33. The van der Waals surface area contributed by atoms with Crippen molar-refractivity contribution >= 4 is 35.7 Å². The number of nitrogens with one attached hydrogen (secondary N) is 1. The molecule has 9 nitrogen and oxygen atoms in total. The fourth-order valence-corrected chi connectivity index (χ4v) is 6.06. The highest BCUT2D eigenvalue weighted by atomic mass is 32.1. The van der Waals surface area contributed by atoms with E-state index in [-0.39, 0.29) is 17.1 Å². The molecule has 1 atom stereocenters. The lowest BCUT2D eigenvalue weighted by Crippen LogP contribution is -2.51. The number of piperidine rings is 1. The molecule has 0 bridgehead atoms. The van der Waals surface area contributed by atoms with Gasteiger partial charge in [-0.2, -0.15) is 0 Å². The van der Waals surface area contributed by atoms with Gasteiger partial charge in [0.15, 0.2) is 5.13 Å². The van der Waals surface area contributed by atoms with Gasteiger partial charge < -0.3 is 34.4 Å². The zero-order valence-electron chi connectivity index (χ0n) is 27.0. The highest BCUT2D eigenvalue weighted by Crippen LogP contribution is 2.38. The second-order valence-electron chi connectivity index (χ2n) is 10.1. The number of carbonyl (C=O) groups is 2. The number of hydrogen-bond donors (Lipinski definition) is 2. The van der Waals surface area contributed by atoms with E-state index in [2.05, 4.69) is 20.1 Å². The summed E-state index contributed by atoms with van der Waals surface area (Å²) in [4.78, 5) is 24.9. The molecule has 0 aliphatic carbocycles. The van der Waals surface area contributed by atoms with Crippen molar-refractivity contribution < 1.29 is 28.6 Å². The normalized spacial score (nSPS) is 16.5. The Hall–Kier alpha value is -3.70. The zero-order valence-corrected chi connectivity index (χ0v) is 27.8. The van der Waals surface area contributed by atoms with Crippen LogP contribution in [0.2, 0.25) is 0 Å². The van der Waals surface area contributed by atoms with Crippen molar-refractivity contribution in [2.75, 3.05) is 51.1 Å². The van der Waals surface area contributed by atoms with Crippen LogP contribution < -0.4 is 19.7 Å². The number of aromatic nitrogens is 1. The highest BCUT2D eigenvalue weighted by Gasteiger charge is 2.42. The molecular formula is C33H49FN4O5S. The SMILES string of the molecule is C=O.C=O.CC.COc1ccc(CN(C)c2nccs2)c(OC)c1.Cc1cc(O)c(NCC23CCCCN2CCC3)cc1F. The second-order valence-corrected chi connectivity index (χ2v) is 11.0. The van der Waals surface area contributed by atoms with Crippen LogP contribution in [0.3, 0.4) is 0 Å². The van der Waals surface area contributed by atoms with Crippen LogP contribution in [0.15, 0.2) is 41.9 Å². The standard InChI is InChI=1S/C16H23FN2O.C13H16N2O2S.C2H6.2CH2O/c1-12-9-15(20)14(10-13(12)17)18-11-16-5-2-3-7-19(16)8-4-6-16;1-15(13-14-6-7-18-13)9-10-4-5-11(16-2)8-12(10)17-3;3*1-2/h9-10,18,20H,2-8,11H2,1H3;4-8H,9H2,1-3H3;1-2H3;2*1H2. The minimum absolute atomic E-state index is 0.139. The molecule has 1 aromatic heterocycles. The average molecular weight is 633 g/mol. The average Bonchev–Trinajstić information content (AvgIpc) is 3.77. The number of methoxy groups -OCH3 is 2. The second kappa shape index (κ2) is 20.3. The van der Waals surface area contributed by atoms with E-state index in [1.165, 1.54) is 57.3 Å². The number of ether oxygens (including phenoxy) is 2. The van der Waals surface area contributed by atoms with E-state index in [0.717, 1.165) is 35.3 Å². The van der Waals surface area contributed by atoms with Gasteiger partial charge in [0.1, 0.15) is 36.6 Å². The summed E-state index contributed by atoms with van der Waals surface area (Å²) in [5, 5.41) is 16.2. The Balaban J connectivity index is 0.000000378. The van der Waals surface area contributed by atoms with E-state index >= 15 is 0 Å². The van der Waals surface area contributed by atoms with Crippen molar-refractivity contribution in [2.45, 2.75) is 65.0 Å². The van der Waals surface area contributed by atoms with Gasteiger partial charge in [-0.05, 0) is 69.5 Å². The monoisotopic (exact) mass is 632 g/mol. The third-order valence-electron chi connectivity index (χ3n) is 7.59. The number of phenolic OH excluding ortho intramolecular Hbond substituents is 1. The summed E-state index contributed by atoms with van der Waals surface area (Å²) in [5.41, 5.74) is 2.31. The molecule has 1 unspecified atom stereocenters. The largest absolute Gasteiger partial charge is 0.506 e. The molecule has 2 aliphatic heterocycles. The van der Waals surface area contributed by atoms with Gasteiger partial charge in [-0.3, -0.25) is 4.90 Å². The molecule has 2 aliphatic rings. The minimum atomic E-state index is -0.269. The fraction of sp³-hybridized carbons (Fsp3) is 0.485. The van der Waals surface area contributed by atoms with Crippen LogP contribution in [-0.2, 0) is 16.1 Å². The van der Waals surface area contributed by atoms with E-state index < -0.39 is 0 Å². The first-order valence-electron chi connectivity index (χ1n) is 14.7. The van der Waals surface area contributed by atoms with Crippen LogP contribution in [0.4, 0.5) is 15.2 Å². The molecule has 11 heteroatoms. The quantitative estimate of drug-likeness (QED) is 0.262. The van der Waals surface area contributed by atoms with Crippen molar-refractivity contribution in [2.24, 2.45) is 0 Å². The Kier molecular flexibility index (Phi) is 17.7. The molecule has 3 aromatic rings. The number of anilines is 2. The Morgan fingerprint density at radius 1 is 1.07 bits per heavy atom. The third kappa shape index (κ3) is 10.5. The number of rotatable bonds is 8. The van der Waals surface area contributed by atoms with Crippen LogP contribution >= 0.6 is 11.3 Å². The molecule has 0 amide bonds. The Morgan fingerprint density at radius 2 is 1.75 bits per heavy atom. The lowest BCUT2D eigenvalue weighted by molar-refractivity contribution is -0.0987. The van der Waals surface area contributed by atoms with Gasteiger partial charge in [0.05, 0.1) is 19.9 Å². The highest BCUT2D eigenvalue weighted by molar-refractivity contribution is 7.13. The number of hydrogen-bond acceptors (Lipinski definition) is 10. The van der Waals surface area contributed by atoms with Crippen molar-refractivity contribution in [1.29, 1.82) is 0 Å². The van der Waals surface area contributed by atoms with Crippen molar-refractivity contribution in [3.63, 3.8) is 0 Å². The number of nitrogens with zero attached hydrogens (tertiary/aromatic N) is 3. The summed E-state index contributed by atoms with van der Waals surface area (Å²) in [6.07, 6.45) is 8.01. The first kappa shape index (κ1) is 38.3. The minimum Gasteiger partial charge on any atom is -0.506 e. The van der Waals surface area contributed by atoms with Gasteiger partial charge in [-0.25, -0.2) is 9.37 Å². The van der Waals surface area contributed by atoms with E-state index in [1.54, 1.807) is 32.5 Å². The van der Waals surface area contributed by atoms with Gasteiger partial charge in [-0.15, -0.1) is 11.3 Å². The molecule has 2 fully saturated rings. The van der Waals surface area contributed by atoms with Gasteiger partial charge >= 0.3 is 0 Å². The number of fused-ring (bicyclic) bond motifs is 1. The first-order chi connectivity index (χ1) is 21.3. The maximum atomic E-state index is 13.6. The summed E-state index contributed by atoms with van der Waals surface area (Å²) < 4.78 is 24.2. The van der Waals surface area contributed by atoms with Gasteiger partial charge in [0.2, 0.25) is 0 Å². The first-order valence-corrected chi connectivity index (χ1v) is 15.6. The molecule has 2 saturated heterocycles. The zero-order chi connectivity index (χ0) is 33.1. The fourth-order valence-electron chi connectivity index (χ4n) is 5.45. The number of benzene rings is 2. The van der Waals surface area contributed by atoms with Gasteiger partial charge in [0.25, 0.3) is 0 Å². The topological polar surface area (TPSA) is 104 Å². The number of thiazole rings is 1. The van der Waals surface area contributed by atoms with E-state index in [0.29, 0.717) is 11.3 Å². The predicted molar refractivity (Wildman–Crippen MR) is 178 cm³/mol. The smallest absolute Gasteiger partial charge is 0.185 e. The molecule has 0 spiro atoms. The summed E-state index contributed by atoms with van der Waals surface area (Å²) in [6.45, 7) is 13.6. The maximum absolute atomic E-state index is 13.6. The van der Waals surface area contributed by atoms with E-state index in [9.17, 15) is 9.50 Å². The number of carbonyl (C=O) groups excluding carboxylic acids is 2. The lowest BCUT2D eigenvalue weighted by Gasteiger charge is -2.42. The molecule has 44 heavy (non-hydrogen) atoms. The third-order valence-corrected chi connectivity index (χ3v) is 8.48. The number of aryl methyl sites for hydroxylation is 1. The Morgan fingerprint density at radius 3 is 2.39 bits per heavy atom. The lowest BCUT2D eigenvalue weighted by atomic mass is 9.86. The molecule has 2 aromatic carbocycles. The van der Waals surface area contributed by atoms with Crippen LogP contribution in [0.25, 0.3) is 0 Å². The number of aromatic hydroxyl groups is 1. The molecular weight excluding hydrogens is 583 g/mol. The van der Waals surface area contributed by atoms with Crippen LogP contribution in [-0.4, -0.2) is 75.0 Å². The van der Waals surface area contributed by atoms with Gasteiger partial charge in [-0.1, -0.05) is 20.3 Å². The number of phenols is 1. The number of halogens is 1. The van der Waals surface area contributed by atoms with Crippen LogP contribution in [0.5, 0.6) is 17.2 Å². The molecule has 0 radical (unpaired) electrons. The molecule has 0 saturated carbocycles. The van der Waals surface area contributed by atoms with Crippen molar-refractivity contribution in [1.82, 2.24) is 9.88 Å². The molecule has 244 valence electrons. The molecule has 2 N–H and O–H groups in total. The van der Waals surface area contributed by atoms with E-state index in [4.69, 9.17) is 19.1 Å². The molecule has 5 rings (SSSR count). The van der Waals surface area contributed by atoms with Crippen LogP contribution in [0.1, 0.15) is 57.1 Å².